The van der Waals surface area contributed by atoms with Gasteiger partial charge in [-0.2, -0.15) is 5.10 Å². The standard InChI is InChI=1S/C17H12ClF2N3O/c1-7-14(8-2-3-11(18)12(20)4-8)16-15-10(17(24)23-22-16)5-9(19)6-13(15)21-7/h2-7,14,21H,1H3,(H,23,24)/t7-,14?/m1/s1. The number of anilines is 1. The molecule has 122 valence electrons. The highest BCUT2D eigenvalue weighted by molar-refractivity contribution is 6.30. The molecular weight excluding hydrogens is 336 g/mol. The molecule has 2 heterocycles. The Morgan fingerprint density at radius 3 is 2.75 bits per heavy atom. The van der Waals surface area contributed by atoms with Gasteiger partial charge in [0.2, 0.25) is 0 Å². The summed E-state index contributed by atoms with van der Waals surface area (Å²) >= 11 is 5.76. The Hall–Kier alpha value is -2.47. The number of nitrogens with one attached hydrogen (secondary N) is 2. The van der Waals surface area contributed by atoms with Gasteiger partial charge < -0.3 is 5.32 Å². The van der Waals surface area contributed by atoms with E-state index in [-0.39, 0.29) is 22.4 Å². The van der Waals surface area contributed by atoms with Gasteiger partial charge in [0.05, 0.1) is 16.1 Å². The number of hydrogen-bond donors (Lipinski definition) is 2. The lowest BCUT2D eigenvalue weighted by Gasteiger charge is -2.32. The Kier molecular flexibility index (Phi) is 3.31. The van der Waals surface area contributed by atoms with E-state index in [1.807, 2.05) is 6.92 Å². The van der Waals surface area contributed by atoms with E-state index in [4.69, 9.17) is 11.6 Å². The molecule has 4 rings (SSSR count). The maximum Gasteiger partial charge on any atom is 0.272 e. The van der Waals surface area contributed by atoms with Crippen LogP contribution in [0.3, 0.4) is 0 Å². The van der Waals surface area contributed by atoms with Gasteiger partial charge in [0.1, 0.15) is 11.6 Å². The van der Waals surface area contributed by atoms with Crippen molar-refractivity contribution >= 4 is 28.1 Å². The Morgan fingerprint density at radius 1 is 1.21 bits per heavy atom. The fourth-order valence-corrected chi connectivity index (χ4v) is 3.46. The van der Waals surface area contributed by atoms with E-state index < -0.39 is 17.2 Å². The Bertz CT molecular complexity index is 1030. The minimum atomic E-state index is -0.521. The van der Waals surface area contributed by atoms with Crippen molar-refractivity contribution in [3.63, 3.8) is 0 Å². The van der Waals surface area contributed by atoms with Crippen LogP contribution < -0.4 is 10.9 Å². The molecule has 4 nitrogen and oxygen atoms in total. The third kappa shape index (κ3) is 2.17. The molecule has 0 amide bonds. The van der Waals surface area contributed by atoms with E-state index in [0.717, 1.165) is 0 Å². The number of rotatable bonds is 1. The fraction of sp³-hybridized carbons (Fsp3) is 0.176. The molecule has 1 aliphatic rings. The van der Waals surface area contributed by atoms with Crippen LogP contribution in [0.25, 0.3) is 10.8 Å². The molecule has 0 radical (unpaired) electrons. The van der Waals surface area contributed by atoms with Gasteiger partial charge in [0.15, 0.2) is 0 Å². The van der Waals surface area contributed by atoms with Crippen molar-refractivity contribution in [1.29, 1.82) is 0 Å². The van der Waals surface area contributed by atoms with Crippen molar-refractivity contribution in [2.24, 2.45) is 0 Å². The summed E-state index contributed by atoms with van der Waals surface area (Å²) in [5.74, 6) is -1.34. The Labute approximate surface area is 140 Å². The first-order chi connectivity index (χ1) is 11.5. The zero-order valence-electron chi connectivity index (χ0n) is 12.5. The molecule has 3 aromatic rings. The first-order valence-electron chi connectivity index (χ1n) is 7.39. The average Bonchev–Trinajstić information content (AvgIpc) is 2.53. The predicted octanol–water partition coefficient (Wildman–Crippen LogP) is 3.80. The van der Waals surface area contributed by atoms with Gasteiger partial charge in [-0.3, -0.25) is 4.79 Å². The molecule has 7 heteroatoms. The summed E-state index contributed by atoms with van der Waals surface area (Å²) in [6, 6.07) is 6.91. The third-order valence-electron chi connectivity index (χ3n) is 4.36. The molecule has 1 unspecified atom stereocenters. The maximum absolute atomic E-state index is 13.9. The summed E-state index contributed by atoms with van der Waals surface area (Å²) < 4.78 is 27.7. The lowest BCUT2D eigenvalue weighted by Crippen LogP contribution is -2.31. The molecule has 2 N–H and O–H groups in total. The average molecular weight is 348 g/mol. The zero-order valence-corrected chi connectivity index (χ0v) is 13.3. The highest BCUT2D eigenvalue weighted by Crippen LogP contribution is 2.40. The lowest BCUT2D eigenvalue weighted by molar-refractivity contribution is 0.608. The van der Waals surface area contributed by atoms with E-state index in [1.165, 1.54) is 24.3 Å². The normalized spacial score (nSPS) is 19.3. The smallest absolute Gasteiger partial charge is 0.272 e. The van der Waals surface area contributed by atoms with Crippen LogP contribution in [0.15, 0.2) is 35.1 Å². The van der Waals surface area contributed by atoms with Crippen molar-refractivity contribution in [3.05, 3.63) is 68.6 Å². The maximum atomic E-state index is 13.9. The molecule has 0 fully saturated rings. The van der Waals surface area contributed by atoms with E-state index in [1.54, 1.807) is 6.07 Å². The summed E-state index contributed by atoms with van der Waals surface area (Å²) in [5.41, 5.74) is 1.30. The summed E-state index contributed by atoms with van der Waals surface area (Å²) in [6.45, 7) is 1.89. The molecule has 24 heavy (non-hydrogen) atoms. The van der Waals surface area contributed by atoms with Gasteiger partial charge >= 0.3 is 0 Å². The topological polar surface area (TPSA) is 57.8 Å². The number of halogens is 3. The van der Waals surface area contributed by atoms with Crippen LogP contribution in [-0.2, 0) is 0 Å². The van der Waals surface area contributed by atoms with Crippen LogP contribution >= 0.6 is 11.6 Å². The highest BCUT2D eigenvalue weighted by atomic mass is 35.5. The first-order valence-corrected chi connectivity index (χ1v) is 7.77. The summed E-state index contributed by atoms with van der Waals surface area (Å²) in [6.07, 6.45) is 0. The second kappa shape index (κ2) is 5.27. The monoisotopic (exact) mass is 347 g/mol. The molecule has 0 bridgehead atoms. The Balaban J connectivity index is 2.02. The van der Waals surface area contributed by atoms with Gasteiger partial charge in [0, 0.05) is 23.0 Å². The quantitative estimate of drug-likeness (QED) is 0.704. The van der Waals surface area contributed by atoms with E-state index in [2.05, 4.69) is 15.5 Å². The van der Waals surface area contributed by atoms with Crippen molar-refractivity contribution < 1.29 is 8.78 Å². The molecule has 0 saturated carbocycles. The lowest BCUT2D eigenvalue weighted by atomic mass is 9.83. The SMILES string of the molecule is C[C@H]1Nc2cc(F)cc3c(=O)[nH]nc(c23)C1c1ccc(Cl)c(F)c1. The summed E-state index contributed by atoms with van der Waals surface area (Å²) in [4.78, 5) is 12.0. The fourth-order valence-electron chi connectivity index (χ4n) is 3.35. The van der Waals surface area contributed by atoms with Crippen LogP contribution in [0.5, 0.6) is 0 Å². The largest absolute Gasteiger partial charge is 0.381 e. The molecule has 2 aromatic carbocycles. The molecule has 2 atom stereocenters. The van der Waals surface area contributed by atoms with E-state index in [0.29, 0.717) is 22.3 Å². The second-order valence-electron chi connectivity index (χ2n) is 5.90. The first kappa shape index (κ1) is 15.1. The molecule has 1 aliphatic heterocycles. The number of H-pyrrole nitrogens is 1. The van der Waals surface area contributed by atoms with Crippen LogP contribution in [-0.4, -0.2) is 16.2 Å². The Morgan fingerprint density at radius 2 is 2.00 bits per heavy atom. The molecule has 0 saturated heterocycles. The summed E-state index contributed by atoms with van der Waals surface area (Å²) in [7, 11) is 0. The minimum absolute atomic E-state index is 0.0391. The van der Waals surface area contributed by atoms with Gasteiger partial charge in [-0.15, -0.1) is 0 Å². The predicted molar refractivity (Wildman–Crippen MR) is 88.7 cm³/mol. The van der Waals surface area contributed by atoms with Crippen LogP contribution in [0.2, 0.25) is 5.02 Å². The molecular formula is C17H12ClF2N3O. The van der Waals surface area contributed by atoms with E-state index >= 15 is 0 Å². The number of hydrogen-bond acceptors (Lipinski definition) is 3. The van der Waals surface area contributed by atoms with Crippen molar-refractivity contribution in [2.45, 2.75) is 18.9 Å². The van der Waals surface area contributed by atoms with Crippen molar-refractivity contribution in [2.75, 3.05) is 5.32 Å². The van der Waals surface area contributed by atoms with Gasteiger partial charge in [-0.25, -0.2) is 13.9 Å². The van der Waals surface area contributed by atoms with Crippen molar-refractivity contribution in [1.82, 2.24) is 10.2 Å². The van der Waals surface area contributed by atoms with Crippen LogP contribution in [0.4, 0.5) is 14.5 Å². The number of nitrogens with zero attached hydrogens (tertiary/aromatic N) is 1. The zero-order chi connectivity index (χ0) is 17.0. The van der Waals surface area contributed by atoms with Crippen molar-refractivity contribution in [3.8, 4) is 0 Å². The van der Waals surface area contributed by atoms with Gasteiger partial charge in [-0.05, 0) is 36.8 Å². The number of aromatic nitrogens is 2. The van der Waals surface area contributed by atoms with Gasteiger partial charge in [-0.1, -0.05) is 17.7 Å². The van der Waals surface area contributed by atoms with E-state index in [9.17, 15) is 13.6 Å². The number of benzene rings is 2. The van der Waals surface area contributed by atoms with Gasteiger partial charge in [0.25, 0.3) is 5.56 Å². The van der Waals surface area contributed by atoms with Crippen LogP contribution in [0.1, 0.15) is 24.1 Å². The summed E-state index contributed by atoms with van der Waals surface area (Å²) in [5, 5.41) is 10.6. The molecule has 0 spiro atoms. The number of aromatic amines is 1. The minimum Gasteiger partial charge on any atom is -0.381 e. The molecule has 0 aliphatic carbocycles. The molecule has 1 aromatic heterocycles. The third-order valence-corrected chi connectivity index (χ3v) is 4.67. The highest BCUT2D eigenvalue weighted by Gasteiger charge is 2.32. The van der Waals surface area contributed by atoms with Crippen LogP contribution in [0, 0.1) is 11.6 Å². The second-order valence-corrected chi connectivity index (χ2v) is 6.31.